The van der Waals surface area contributed by atoms with Crippen LogP contribution >= 0.6 is 0 Å². The number of carbonyl (C=O) groups is 2. The van der Waals surface area contributed by atoms with Gasteiger partial charge in [-0.1, -0.05) is 18.2 Å². The van der Waals surface area contributed by atoms with Crippen molar-refractivity contribution < 1.29 is 9.59 Å². The summed E-state index contributed by atoms with van der Waals surface area (Å²) < 4.78 is 2.13. The fourth-order valence-corrected chi connectivity index (χ4v) is 3.34. The molecule has 1 N–H and O–H groups in total. The van der Waals surface area contributed by atoms with Crippen molar-refractivity contribution in [3.63, 3.8) is 0 Å². The fourth-order valence-electron chi connectivity index (χ4n) is 3.34. The van der Waals surface area contributed by atoms with Crippen LogP contribution in [0.2, 0.25) is 0 Å². The zero-order chi connectivity index (χ0) is 18.5. The van der Waals surface area contributed by atoms with Gasteiger partial charge in [0, 0.05) is 35.7 Å². The van der Waals surface area contributed by atoms with Crippen LogP contribution in [-0.4, -0.2) is 40.6 Å². The number of benzene rings is 1. The lowest BCUT2D eigenvalue weighted by Crippen LogP contribution is -2.43. The Kier molecular flexibility index (Phi) is 5.51. The Morgan fingerprint density at radius 1 is 1.08 bits per heavy atom. The number of carbonyl (C=O) groups excluding carboxylic acids is 2. The highest BCUT2D eigenvalue weighted by Crippen LogP contribution is 2.19. The predicted molar refractivity (Wildman–Crippen MR) is 101 cm³/mol. The van der Waals surface area contributed by atoms with Crippen molar-refractivity contribution in [2.45, 2.75) is 33.1 Å². The van der Waals surface area contributed by atoms with E-state index in [1.165, 1.54) is 0 Å². The average molecular weight is 352 g/mol. The van der Waals surface area contributed by atoms with E-state index in [-0.39, 0.29) is 0 Å². The first-order valence-electron chi connectivity index (χ1n) is 8.94. The zero-order valence-electron chi connectivity index (χ0n) is 15.2. The highest BCUT2D eigenvalue weighted by atomic mass is 16.2. The molecule has 1 aromatic heterocycles. The lowest BCUT2D eigenvalue weighted by molar-refractivity contribution is -0.146. The molecule has 0 radical (unpaired) electrons. The molecule has 26 heavy (non-hydrogen) atoms. The van der Waals surface area contributed by atoms with E-state index in [4.69, 9.17) is 0 Å². The zero-order valence-corrected chi connectivity index (χ0v) is 15.2. The van der Waals surface area contributed by atoms with Crippen LogP contribution in [0.25, 0.3) is 5.69 Å². The molecule has 0 spiro atoms. The van der Waals surface area contributed by atoms with Gasteiger partial charge in [0.05, 0.1) is 6.21 Å². The van der Waals surface area contributed by atoms with E-state index in [0.717, 1.165) is 41.9 Å². The number of hydrogen-bond acceptors (Lipinski definition) is 3. The summed E-state index contributed by atoms with van der Waals surface area (Å²) in [5.74, 6) is -1.18. The maximum atomic E-state index is 12.1. The molecular weight excluding hydrogens is 328 g/mol. The molecule has 0 bridgehead atoms. The van der Waals surface area contributed by atoms with Crippen molar-refractivity contribution in [3.05, 3.63) is 53.3 Å². The van der Waals surface area contributed by atoms with Gasteiger partial charge in [-0.15, -0.1) is 0 Å². The molecule has 1 aliphatic rings. The quantitative estimate of drug-likeness (QED) is 0.524. The number of aromatic nitrogens is 1. The number of piperidine rings is 1. The molecule has 6 heteroatoms. The van der Waals surface area contributed by atoms with Gasteiger partial charge in [-0.2, -0.15) is 5.10 Å². The number of nitrogens with zero attached hydrogens (tertiary/aromatic N) is 3. The van der Waals surface area contributed by atoms with E-state index in [0.29, 0.717) is 13.1 Å². The Bertz CT molecular complexity index is 818. The molecule has 1 aromatic carbocycles. The van der Waals surface area contributed by atoms with Crippen molar-refractivity contribution in [2.24, 2.45) is 5.10 Å². The van der Waals surface area contributed by atoms with Gasteiger partial charge >= 0.3 is 11.8 Å². The molecule has 136 valence electrons. The van der Waals surface area contributed by atoms with Gasteiger partial charge in [0.15, 0.2) is 0 Å². The molecule has 0 aliphatic carbocycles. The molecule has 2 amide bonds. The first kappa shape index (κ1) is 17.9. The minimum absolute atomic E-state index is 0.503. The number of aryl methyl sites for hydroxylation is 1. The molecule has 0 saturated carbocycles. The summed E-state index contributed by atoms with van der Waals surface area (Å²) in [5.41, 5.74) is 6.43. The van der Waals surface area contributed by atoms with Crippen LogP contribution in [0.4, 0.5) is 0 Å². The summed E-state index contributed by atoms with van der Waals surface area (Å²) in [7, 11) is 0. The van der Waals surface area contributed by atoms with Crippen molar-refractivity contribution in [2.75, 3.05) is 13.1 Å². The van der Waals surface area contributed by atoms with Crippen LogP contribution in [0.5, 0.6) is 0 Å². The van der Waals surface area contributed by atoms with E-state index in [1.807, 2.05) is 50.2 Å². The normalized spacial score (nSPS) is 14.6. The molecule has 1 aliphatic heterocycles. The van der Waals surface area contributed by atoms with Crippen molar-refractivity contribution in [3.8, 4) is 5.69 Å². The second kappa shape index (κ2) is 7.99. The Morgan fingerprint density at radius 3 is 2.46 bits per heavy atom. The second-order valence-corrected chi connectivity index (χ2v) is 6.55. The van der Waals surface area contributed by atoms with Gasteiger partial charge < -0.3 is 9.47 Å². The summed E-state index contributed by atoms with van der Waals surface area (Å²) in [6.45, 7) is 5.32. The van der Waals surface area contributed by atoms with Gasteiger partial charge in [0.25, 0.3) is 0 Å². The van der Waals surface area contributed by atoms with Crippen LogP contribution in [0.1, 0.15) is 36.2 Å². The van der Waals surface area contributed by atoms with Gasteiger partial charge in [-0.05, 0) is 51.3 Å². The molecular formula is C20H24N4O2. The maximum absolute atomic E-state index is 12.1. The molecule has 2 heterocycles. The predicted octanol–water partition coefficient (Wildman–Crippen LogP) is 2.56. The molecule has 0 unspecified atom stereocenters. The van der Waals surface area contributed by atoms with E-state index < -0.39 is 11.8 Å². The lowest BCUT2D eigenvalue weighted by Gasteiger charge is -2.25. The first-order chi connectivity index (χ1) is 12.6. The van der Waals surface area contributed by atoms with Gasteiger partial charge in [-0.3, -0.25) is 9.59 Å². The average Bonchev–Trinajstić information content (AvgIpc) is 2.96. The maximum Gasteiger partial charge on any atom is 0.329 e. The monoisotopic (exact) mass is 352 g/mol. The molecule has 2 aromatic rings. The minimum atomic E-state index is -0.681. The number of hydrazone groups is 1. The molecule has 3 rings (SSSR count). The molecule has 0 atom stereocenters. The van der Waals surface area contributed by atoms with Crippen LogP contribution in [-0.2, 0) is 9.59 Å². The van der Waals surface area contributed by atoms with Crippen LogP contribution in [0.15, 0.2) is 41.5 Å². The number of para-hydroxylation sites is 1. The lowest BCUT2D eigenvalue weighted by atomic mass is 10.1. The third-order valence-electron chi connectivity index (χ3n) is 4.69. The molecule has 1 fully saturated rings. The highest BCUT2D eigenvalue weighted by Gasteiger charge is 2.22. The Balaban J connectivity index is 1.67. The Hall–Kier alpha value is -2.89. The number of likely N-dealkylation sites (tertiary alicyclic amines) is 1. The fraction of sp³-hybridized carbons (Fsp3) is 0.350. The number of amides is 2. The van der Waals surface area contributed by atoms with Gasteiger partial charge in [0.1, 0.15) is 0 Å². The Morgan fingerprint density at radius 2 is 1.77 bits per heavy atom. The second-order valence-electron chi connectivity index (χ2n) is 6.55. The van der Waals surface area contributed by atoms with Crippen molar-refractivity contribution in [1.82, 2.24) is 14.9 Å². The summed E-state index contributed by atoms with van der Waals surface area (Å²) in [4.78, 5) is 25.7. The van der Waals surface area contributed by atoms with Crippen LogP contribution in [0.3, 0.4) is 0 Å². The van der Waals surface area contributed by atoms with E-state index in [1.54, 1.807) is 11.1 Å². The number of nitrogens with one attached hydrogen (secondary N) is 1. The highest BCUT2D eigenvalue weighted by molar-refractivity contribution is 6.35. The van der Waals surface area contributed by atoms with Crippen molar-refractivity contribution in [1.29, 1.82) is 0 Å². The molecule has 1 saturated heterocycles. The Labute approximate surface area is 153 Å². The van der Waals surface area contributed by atoms with E-state index in [9.17, 15) is 9.59 Å². The summed E-state index contributed by atoms with van der Waals surface area (Å²) in [6, 6.07) is 12.1. The number of hydrogen-bond donors (Lipinski definition) is 1. The minimum Gasteiger partial charge on any atom is -0.334 e. The van der Waals surface area contributed by atoms with Crippen molar-refractivity contribution >= 4 is 18.0 Å². The summed E-state index contributed by atoms with van der Waals surface area (Å²) in [6.07, 6.45) is 4.60. The van der Waals surface area contributed by atoms with E-state index >= 15 is 0 Å². The SMILES string of the molecule is Cc1cc(/C=N\NC(=O)C(=O)N2CCCCC2)c(C)n1-c1ccccc1. The van der Waals surface area contributed by atoms with Gasteiger partial charge in [-0.25, -0.2) is 5.43 Å². The number of rotatable bonds is 3. The third-order valence-corrected chi connectivity index (χ3v) is 4.69. The molecule has 6 nitrogen and oxygen atoms in total. The first-order valence-corrected chi connectivity index (χ1v) is 8.94. The topological polar surface area (TPSA) is 66.7 Å². The summed E-state index contributed by atoms with van der Waals surface area (Å²) >= 11 is 0. The third kappa shape index (κ3) is 3.85. The van der Waals surface area contributed by atoms with Crippen LogP contribution < -0.4 is 5.43 Å². The smallest absolute Gasteiger partial charge is 0.329 e. The van der Waals surface area contributed by atoms with Crippen LogP contribution in [0, 0.1) is 13.8 Å². The largest absolute Gasteiger partial charge is 0.334 e. The van der Waals surface area contributed by atoms with Gasteiger partial charge in [0.2, 0.25) is 0 Å². The summed E-state index contributed by atoms with van der Waals surface area (Å²) in [5, 5.41) is 3.98. The standard InChI is InChI=1S/C20H24N4O2/c1-15-13-17(16(2)24(15)18-9-5-3-6-10-18)14-21-22-19(25)20(26)23-11-7-4-8-12-23/h3,5-6,9-10,13-14H,4,7-8,11-12H2,1-2H3,(H,22,25)/b21-14-. The van der Waals surface area contributed by atoms with E-state index in [2.05, 4.69) is 15.1 Å².